The van der Waals surface area contributed by atoms with Crippen LogP contribution < -0.4 is 0 Å². The molecule has 0 aromatic heterocycles. The molecule has 148 valence electrons. The molecular formula is C20H32O5S. The van der Waals surface area contributed by atoms with Crippen LogP contribution in [0.4, 0.5) is 0 Å². The zero-order valence-electron chi connectivity index (χ0n) is 17.0. The number of sulfone groups is 1. The fourth-order valence-electron chi connectivity index (χ4n) is 2.79. The Kier molecular flexibility index (Phi) is 6.91. The number of phenols is 1. The van der Waals surface area contributed by atoms with Crippen molar-refractivity contribution in [3.8, 4) is 5.75 Å². The van der Waals surface area contributed by atoms with Crippen molar-refractivity contribution in [2.75, 3.05) is 18.6 Å². The first-order valence-electron chi connectivity index (χ1n) is 8.81. The van der Waals surface area contributed by atoms with Gasteiger partial charge in [-0.05, 0) is 40.4 Å². The number of aromatic hydroxyl groups is 1. The second kappa shape index (κ2) is 7.99. The molecule has 0 aliphatic carbocycles. The van der Waals surface area contributed by atoms with Crippen LogP contribution in [0.3, 0.4) is 0 Å². The van der Waals surface area contributed by atoms with Crippen LogP contribution in [0.5, 0.6) is 5.75 Å². The summed E-state index contributed by atoms with van der Waals surface area (Å²) in [6, 6.07) is 3.91. The van der Waals surface area contributed by atoms with Gasteiger partial charge in [-0.2, -0.15) is 0 Å². The highest BCUT2D eigenvalue weighted by Crippen LogP contribution is 2.39. The average molecular weight is 385 g/mol. The van der Waals surface area contributed by atoms with E-state index in [4.69, 9.17) is 0 Å². The highest BCUT2D eigenvalue weighted by Gasteiger charge is 2.26. The number of ether oxygens (including phenoxy) is 1. The molecule has 1 aromatic rings. The standard InChI is InChI=1S/C20H32O5S/c1-19(2,3)15-11-14(12-16(18(15)22)20(4,5)6)9-8-10-26(23,24)13-17(21)25-7/h11-12,22H,8-10,13H2,1-7H3. The Morgan fingerprint density at radius 1 is 1.04 bits per heavy atom. The van der Waals surface area contributed by atoms with E-state index in [2.05, 4.69) is 4.74 Å². The maximum Gasteiger partial charge on any atom is 0.320 e. The molecule has 1 aromatic carbocycles. The summed E-state index contributed by atoms with van der Waals surface area (Å²) in [5.41, 5.74) is 2.26. The fourth-order valence-corrected chi connectivity index (χ4v) is 3.99. The number of hydrogen-bond acceptors (Lipinski definition) is 5. The highest BCUT2D eigenvalue weighted by atomic mass is 32.2. The number of hydrogen-bond donors (Lipinski definition) is 1. The summed E-state index contributed by atoms with van der Waals surface area (Å²) in [5.74, 6) is -1.08. The molecule has 26 heavy (non-hydrogen) atoms. The summed E-state index contributed by atoms with van der Waals surface area (Å²) in [7, 11) is -2.30. The normalized spacial score (nSPS) is 12.9. The lowest BCUT2D eigenvalue weighted by atomic mass is 9.78. The van der Waals surface area contributed by atoms with Crippen LogP contribution in [-0.4, -0.2) is 38.1 Å². The maximum absolute atomic E-state index is 12.0. The Balaban J connectivity index is 3.05. The molecule has 0 unspecified atom stereocenters. The predicted octanol–water partition coefficient (Wildman–Crippen LogP) is 3.51. The number of carbonyl (C=O) groups excluding carboxylic acids is 1. The number of carbonyl (C=O) groups is 1. The minimum Gasteiger partial charge on any atom is -0.507 e. The predicted molar refractivity (Wildman–Crippen MR) is 104 cm³/mol. The number of esters is 1. The number of aryl methyl sites for hydroxylation is 1. The third kappa shape index (κ3) is 6.31. The SMILES string of the molecule is COC(=O)CS(=O)(=O)CCCc1cc(C(C)(C)C)c(O)c(C(C)(C)C)c1. The van der Waals surface area contributed by atoms with Gasteiger partial charge in [0.2, 0.25) is 0 Å². The summed E-state index contributed by atoms with van der Waals surface area (Å²) in [6.07, 6.45) is 0.976. The first-order chi connectivity index (χ1) is 11.7. The number of benzene rings is 1. The molecule has 0 fully saturated rings. The zero-order chi connectivity index (χ0) is 20.3. The van der Waals surface area contributed by atoms with Crippen molar-refractivity contribution >= 4 is 15.8 Å². The summed E-state index contributed by atoms with van der Waals surface area (Å²) < 4.78 is 28.3. The van der Waals surface area contributed by atoms with Crippen molar-refractivity contribution in [3.05, 3.63) is 28.8 Å². The lowest BCUT2D eigenvalue weighted by Gasteiger charge is -2.28. The second-order valence-corrected chi connectivity index (χ2v) is 11.0. The van der Waals surface area contributed by atoms with Gasteiger partial charge in [0.25, 0.3) is 0 Å². The smallest absolute Gasteiger partial charge is 0.320 e. The van der Waals surface area contributed by atoms with E-state index in [9.17, 15) is 18.3 Å². The van der Waals surface area contributed by atoms with Crippen LogP contribution in [0.1, 0.15) is 64.7 Å². The van der Waals surface area contributed by atoms with Gasteiger partial charge in [-0.1, -0.05) is 53.7 Å². The van der Waals surface area contributed by atoms with E-state index in [1.807, 2.05) is 53.7 Å². The van der Waals surface area contributed by atoms with E-state index >= 15 is 0 Å². The Bertz CT molecular complexity index is 714. The first kappa shape index (κ1) is 22.5. The first-order valence-corrected chi connectivity index (χ1v) is 10.6. The van der Waals surface area contributed by atoms with Gasteiger partial charge in [-0.25, -0.2) is 8.42 Å². The molecule has 0 atom stereocenters. The number of methoxy groups -OCH3 is 1. The third-order valence-electron chi connectivity index (χ3n) is 4.27. The van der Waals surface area contributed by atoms with Crippen molar-refractivity contribution in [1.82, 2.24) is 0 Å². The van der Waals surface area contributed by atoms with Gasteiger partial charge in [0.05, 0.1) is 12.9 Å². The van der Waals surface area contributed by atoms with Gasteiger partial charge < -0.3 is 9.84 Å². The highest BCUT2D eigenvalue weighted by molar-refractivity contribution is 7.92. The van der Waals surface area contributed by atoms with Crippen molar-refractivity contribution in [1.29, 1.82) is 0 Å². The van der Waals surface area contributed by atoms with Crippen molar-refractivity contribution < 1.29 is 23.1 Å². The van der Waals surface area contributed by atoms with Crippen molar-refractivity contribution in [3.63, 3.8) is 0 Å². The van der Waals surface area contributed by atoms with Crippen LogP contribution in [0.15, 0.2) is 12.1 Å². The minimum atomic E-state index is -3.47. The zero-order valence-corrected chi connectivity index (χ0v) is 17.8. The van der Waals surface area contributed by atoms with Gasteiger partial charge in [0, 0.05) is 0 Å². The molecule has 0 heterocycles. The lowest BCUT2D eigenvalue weighted by Crippen LogP contribution is -2.20. The molecule has 1 N–H and O–H groups in total. The summed E-state index contributed by atoms with van der Waals surface area (Å²) >= 11 is 0. The molecule has 0 bridgehead atoms. The summed E-state index contributed by atoms with van der Waals surface area (Å²) in [5, 5.41) is 10.7. The number of rotatable bonds is 6. The van der Waals surface area contributed by atoms with Crippen LogP contribution >= 0.6 is 0 Å². The van der Waals surface area contributed by atoms with E-state index in [0.717, 1.165) is 16.7 Å². The molecule has 6 heteroatoms. The van der Waals surface area contributed by atoms with Crippen LogP contribution in [0.2, 0.25) is 0 Å². The Hall–Kier alpha value is -1.56. The van der Waals surface area contributed by atoms with Gasteiger partial charge in [-0.3, -0.25) is 4.79 Å². The van der Waals surface area contributed by atoms with Crippen LogP contribution in [0, 0.1) is 0 Å². The maximum atomic E-state index is 12.0. The average Bonchev–Trinajstić information content (AvgIpc) is 2.45. The van der Waals surface area contributed by atoms with Gasteiger partial charge in [0.1, 0.15) is 11.5 Å². The van der Waals surface area contributed by atoms with Crippen LogP contribution in [-0.2, 0) is 36.6 Å². The molecule has 0 radical (unpaired) electrons. The molecule has 1 rings (SSSR count). The monoisotopic (exact) mass is 384 g/mol. The van der Waals surface area contributed by atoms with Crippen molar-refractivity contribution in [2.45, 2.75) is 65.2 Å². The third-order valence-corrected chi connectivity index (χ3v) is 5.86. The van der Waals surface area contributed by atoms with E-state index in [1.54, 1.807) is 0 Å². The van der Waals surface area contributed by atoms with E-state index in [-0.39, 0.29) is 16.6 Å². The Morgan fingerprint density at radius 3 is 1.88 bits per heavy atom. The van der Waals surface area contributed by atoms with Gasteiger partial charge in [0.15, 0.2) is 9.84 Å². The molecule has 5 nitrogen and oxygen atoms in total. The molecule has 0 amide bonds. The van der Waals surface area contributed by atoms with Crippen molar-refractivity contribution in [2.24, 2.45) is 0 Å². The summed E-state index contributed by atoms with van der Waals surface area (Å²) in [4.78, 5) is 11.2. The topological polar surface area (TPSA) is 80.7 Å². The largest absolute Gasteiger partial charge is 0.507 e. The lowest BCUT2D eigenvalue weighted by molar-refractivity contribution is -0.137. The molecule has 0 saturated heterocycles. The van der Waals surface area contributed by atoms with E-state index < -0.39 is 21.6 Å². The summed E-state index contributed by atoms with van der Waals surface area (Å²) in [6.45, 7) is 12.2. The van der Waals surface area contributed by atoms with Gasteiger partial charge >= 0.3 is 5.97 Å². The van der Waals surface area contributed by atoms with E-state index in [0.29, 0.717) is 18.6 Å². The molecule has 0 spiro atoms. The quantitative estimate of drug-likeness (QED) is 0.759. The van der Waals surface area contributed by atoms with Gasteiger partial charge in [-0.15, -0.1) is 0 Å². The Morgan fingerprint density at radius 2 is 1.50 bits per heavy atom. The fraction of sp³-hybridized carbons (Fsp3) is 0.650. The molecule has 0 aliphatic heterocycles. The Labute approximate surface area is 157 Å². The second-order valence-electron chi connectivity index (χ2n) is 8.81. The van der Waals surface area contributed by atoms with Crippen LogP contribution in [0.25, 0.3) is 0 Å². The molecule has 0 saturated carbocycles. The minimum absolute atomic E-state index is 0.0708. The van der Waals surface area contributed by atoms with E-state index in [1.165, 1.54) is 7.11 Å². The molecule has 0 aliphatic rings. The molecular weight excluding hydrogens is 352 g/mol. The number of phenolic OH excluding ortho intramolecular Hbond substituents is 1.